The molecule has 0 saturated carbocycles. The zero-order valence-corrected chi connectivity index (χ0v) is 13.6. The molecule has 0 aromatic heterocycles. The molecule has 0 aliphatic carbocycles. The van der Waals surface area contributed by atoms with Gasteiger partial charge in [0.05, 0.1) is 16.5 Å². The summed E-state index contributed by atoms with van der Waals surface area (Å²) in [7, 11) is 0. The number of carbonyl (C=O) groups excluding carboxylic acids is 1. The first kappa shape index (κ1) is 15.8. The minimum atomic E-state index is -0.432. The van der Waals surface area contributed by atoms with Gasteiger partial charge in [-0.3, -0.25) is 4.79 Å². The molecular weight excluding hydrogens is 333 g/mol. The van der Waals surface area contributed by atoms with Gasteiger partial charge in [-0.05, 0) is 41.1 Å². The van der Waals surface area contributed by atoms with Crippen molar-refractivity contribution in [1.82, 2.24) is 0 Å². The summed E-state index contributed by atoms with van der Waals surface area (Å²) >= 11 is 7.34. The van der Waals surface area contributed by atoms with Gasteiger partial charge < -0.3 is 5.32 Å². The molecule has 2 nitrogen and oxygen atoms in total. The molecule has 0 atom stereocenters. The van der Waals surface area contributed by atoms with Crippen molar-refractivity contribution in [3.05, 3.63) is 71.5 Å². The minimum Gasteiger partial charge on any atom is -0.324 e. The van der Waals surface area contributed by atoms with Gasteiger partial charge in [-0.25, -0.2) is 4.39 Å². The third-order valence-corrected chi connectivity index (χ3v) is 4.60. The summed E-state index contributed by atoms with van der Waals surface area (Å²) in [5, 5.41) is 5.18. The third-order valence-electron chi connectivity index (χ3n) is 3.30. The molecule has 0 unspecified atom stereocenters. The molecule has 5 heteroatoms. The molecule has 0 heterocycles. The van der Waals surface area contributed by atoms with Crippen molar-refractivity contribution < 1.29 is 9.18 Å². The second kappa shape index (κ2) is 7.02. The van der Waals surface area contributed by atoms with Crippen LogP contribution in [0.5, 0.6) is 0 Å². The number of anilines is 1. The molecule has 116 valence electrons. The van der Waals surface area contributed by atoms with Gasteiger partial charge in [0.1, 0.15) is 5.82 Å². The van der Waals surface area contributed by atoms with Crippen LogP contribution in [-0.4, -0.2) is 11.7 Å². The molecule has 23 heavy (non-hydrogen) atoms. The molecule has 1 amide bonds. The second-order valence-electron chi connectivity index (χ2n) is 4.97. The molecule has 0 fully saturated rings. The highest BCUT2D eigenvalue weighted by molar-refractivity contribution is 8.00. The standard InChI is InChI=1S/C18H13ClFNOS/c19-16-10-14(20)6-8-17(16)21-18(22)11-23-15-7-5-12-3-1-2-4-13(12)9-15/h1-10H,11H2,(H,21,22). The van der Waals surface area contributed by atoms with Crippen LogP contribution in [0.3, 0.4) is 0 Å². The first-order valence-electron chi connectivity index (χ1n) is 6.98. The maximum atomic E-state index is 13.0. The predicted molar refractivity (Wildman–Crippen MR) is 94.7 cm³/mol. The van der Waals surface area contributed by atoms with Crippen LogP contribution in [-0.2, 0) is 4.79 Å². The van der Waals surface area contributed by atoms with E-state index in [1.54, 1.807) is 0 Å². The van der Waals surface area contributed by atoms with E-state index < -0.39 is 5.82 Å². The van der Waals surface area contributed by atoms with E-state index in [2.05, 4.69) is 11.4 Å². The highest BCUT2D eigenvalue weighted by Gasteiger charge is 2.08. The number of nitrogens with one attached hydrogen (secondary N) is 1. The summed E-state index contributed by atoms with van der Waals surface area (Å²) < 4.78 is 13.0. The van der Waals surface area contributed by atoms with Gasteiger partial charge in [0.25, 0.3) is 0 Å². The third kappa shape index (κ3) is 4.03. The predicted octanol–water partition coefficient (Wildman–Crippen LogP) is 5.36. The fourth-order valence-corrected chi connectivity index (χ4v) is 3.14. The van der Waals surface area contributed by atoms with Crippen molar-refractivity contribution >= 4 is 45.7 Å². The van der Waals surface area contributed by atoms with Crippen LogP contribution in [0.1, 0.15) is 0 Å². The van der Waals surface area contributed by atoms with Crippen LogP contribution in [0.4, 0.5) is 10.1 Å². The van der Waals surface area contributed by atoms with Crippen molar-refractivity contribution in [1.29, 1.82) is 0 Å². The van der Waals surface area contributed by atoms with E-state index in [1.165, 1.54) is 35.3 Å². The number of carbonyl (C=O) groups is 1. The summed E-state index contributed by atoms with van der Waals surface area (Å²) in [4.78, 5) is 13.0. The number of thioether (sulfide) groups is 1. The number of hydrogen-bond donors (Lipinski definition) is 1. The molecule has 3 rings (SSSR count). The maximum Gasteiger partial charge on any atom is 0.234 e. The van der Waals surface area contributed by atoms with E-state index in [4.69, 9.17) is 11.6 Å². The largest absolute Gasteiger partial charge is 0.324 e. The molecule has 0 aliphatic rings. The molecule has 0 bridgehead atoms. The normalized spacial score (nSPS) is 10.7. The fourth-order valence-electron chi connectivity index (χ4n) is 2.18. The average Bonchev–Trinajstić information content (AvgIpc) is 2.55. The SMILES string of the molecule is O=C(CSc1ccc2ccccc2c1)Nc1ccc(F)cc1Cl. The number of rotatable bonds is 4. The Bertz CT molecular complexity index is 869. The number of fused-ring (bicyclic) bond motifs is 1. The minimum absolute atomic E-state index is 0.184. The first-order valence-corrected chi connectivity index (χ1v) is 8.35. The summed E-state index contributed by atoms with van der Waals surface area (Å²) in [6, 6.07) is 18.0. The van der Waals surface area contributed by atoms with Crippen molar-refractivity contribution in [2.45, 2.75) is 4.90 Å². The Hall–Kier alpha value is -2.04. The molecule has 1 N–H and O–H groups in total. The van der Waals surface area contributed by atoms with Crippen LogP contribution >= 0.6 is 23.4 Å². The maximum absolute atomic E-state index is 13.0. The van der Waals surface area contributed by atoms with Crippen LogP contribution < -0.4 is 5.32 Å². The van der Waals surface area contributed by atoms with Crippen LogP contribution in [0.25, 0.3) is 10.8 Å². The molecule has 3 aromatic rings. The number of halogens is 2. The van der Waals surface area contributed by atoms with Gasteiger partial charge in [0.15, 0.2) is 0 Å². The van der Waals surface area contributed by atoms with Crippen molar-refractivity contribution in [3.63, 3.8) is 0 Å². The number of hydrogen-bond acceptors (Lipinski definition) is 2. The van der Waals surface area contributed by atoms with E-state index >= 15 is 0 Å². The fraction of sp³-hybridized carbons (Fsp3) is 0.0556. The Morgan fingerprint density at radius 2 is 1.83 bits per heavy atom. The molecule has 0 saturated heterocycles. The lowest BCUT2D eigenvalue weighted by atomic mass is 10.1. The van der Waals surface area contributed by atoms with Crippen molar-refractivity contribution in [3.8, 4) is 0 Å². The smallest absolute Gasteiger partial charge is 0.234 e. The van der Waals surface area contributed by atoms with Crippen LogP contribution in [0, 0.1) is 5.82 Å². The van der Waals surface area contributed by atoms with E-state index in [9.17, 15) is 9.18 Å². The van der Waals surface area contributed by atoms with E-state index in [-0.39, 0.29) is 16.7 Å². The van der Waals surface area contributed by atoms with E-state index in [0.717, 1.165) is 10.3 Å². The van der Waals surface area contributed by atoms with Gasteiger partial charge >= 0.3 is 0 Å². The average molecular weight is 346 g/mol. The lowest BCUT2D eigenvalue weighted by molar-refractivity contribution is -0.113. The monoisotopic (exact) mass is 345 g/mol. The van der Waals surface area contributed by atoms with Gasteiger partial charge in [-0.2, -0.15) is 0 Å². The van der Waals surface area contributed by atoms with Crippen molar-refractivity contribution in [2.75, 3.05) is 11.1 Å². The van der Waals surface area contributed by atoms with E-state index in [1.807, 2.05) is 36.4 Å². The quantitative estimate of drug-likeness (QED) is 0.645. The molecular formula is C18H13ClFNOS. The van der Waals surface area contributed by atoms with Crippen LogP contribution in [0.15, 0.2) is 65.6 Å². The Morgan fingerprint density at radius 1 is 1.04 bits per heavy atom. The lowest BCUT2D eigenvalue weighted by Gasteiger charge is -2.07. The summed E-state index contributed by atoms with van der Waals surface area (Å²) in [5.74, 6) is -0.360. The highest BCUT2D eigenvalue weighted by atomic mass is 35.5. The van der Waals surface area contributed by atoms with E-state index in [0.29, 0.717) is 5.69 Å². The number of benzene rings is 3. The van der Waals surface area contributed by atoms with Gasteiger partial charge in [-0.15, -0.1) is 11.8 Å². The molecule has 3 aromatic carbocycles. The Morgan fingerprint density at radius 3 is 2.61 bits per heavy atom. The molecule has 0 aliphatic heterocycles. The zero-order chi connectivity index (χ0) is 16.2. The molecule has 0 spiro atoms. The number of amides is 1. The van der Waals surface area contributed by atoms with Gasteiger partial charge in [-0.1, -0.05) is 41.9 Å². The summed E-state index contributed by atoms with van der Waals surface area (Å²) in [6.07, 6.45) is 0. The Labute approximate surface area is 142 Å². The van der Waals surface area contributed by atoms with Crippen molar-refractivity contribution in [2.24, 2.45) is 0 Å². The molecule has 0 radical (unpaired) electrons. The Balaban J connectivity index is 1.63. The van der Waals surface area contributed by atoms with Crippen LogP contribution in [0.2, 0.25) is 5.02 Å². The topological polar surface area (TPSA) is 29.1 Å². The summed E-state index contributed by atoms with van der Waals surface area (Å²) in [5.41, 5.74) is 0.414. The summed E-state index contributed by atoms with van der Waals surface area (Å²) in [6.45, 7) is 0. The van der Waals surface area contributed by atoms with Gasteiger partial charge in [0.2, 0.25) is 5.91 Å². The first-order chi connectivity index (χ1) is 11.1. The lowest BCUT2D eigenvalue weighted by Crippen LogP contribution is -2.14. The van der Waals surface area contributed by atoms with Gasteiger partial charge in [0, 0.05) is 4.90 Å². The highest BCUT2D eigenvalue weighted by Crippen LogP contribution is 2.25. The zero-order valence-electron chi connectivity index (χ0n) is 12.1. The second-order valence-corrected chi connectivity index (χ2v) is 6.43. The Kier molecular flexibility index (Phi) is 4.84.